The summed E-state index contributed by atoms with van der Waals surface area (Å²) in [5, 5.41) is 3.52. The van der Waals surface area contributed by atoms with Crippen LogP contribution in [0.15, 0.2) is 72.8 Å². The van der Waals surface area contributed by atoms with E-state index < -0.39 is 5.97 Å². The molecule has 0 radical (unpaired) electrons. The van der Waals surface area contributed by atoms with E-state index in [9.17, 15) is 9.59 Å². The van der Waals surface area contributed by atoms with Crippen LogP contribution in [0.25, 0.3) is 0 Å². The summed E-state index contributed by atoms with van der Waals surface area (Å²) in [6, 6.07) is 21.9. The average Bonchev–Trinajstić information content (AvgIpc) is 2.79. The third kappa shape index (κ3) is 4.28. The standard InChI is InChI=1S/C25H23ClN2O3/c1-2-31-24(29)20-12-6-8-14-22(20)27-25(30)28-16-15-17-9-3-4-10-18(17)23(28)19-11-5-7-13-21(19)26/h3-14,23H,2,15-16H2,1H3,(H,27,30). The number of halogens is 1. The summed E-state index contributed by atoms with van der Waals surface area (Å²) in [6.45, 7) is 2.54. The van der Waals surface area contributed by atoms with E-state index in [1.165, 1.54) is 5.56 Å². The van der Waals surface area contributed by atoms with Gasteiger partial charge in [0.25, 0.3) is 0 Å². The molecule has 0 saturated carbocycles. The molecular formula is C25H23ClN2O3. The number of rotatable bonds is 4. The highest BCUT2D eigenvalue weighted by molar-refractivity contribution is 6.31. The van der Waals surface area contributed by atoms with Crippen molar-refractivity contribution in [3.05, 3.63) is 100 Å². The molecule has 1 heterocycles. The van der Waals surface area contributed by atoms with E-state index in [1.54, 1.807) is 36.1 Å². The first-order valence-electron chi connectivity index (χ1n) is 10.3. The normalized spacial score (nSPS) is 15.2. The second kappa shape index (κ2) is 9.23. The molecule has 4 rings (SSSR count). The van der Waals surface area contributed by atoms with Gasteiger partial charge < -0.3 is 15.0 Å². The highest BCUT2D eigenvalue weighted by Gasteiger charge is 2.33. The molecule has 31 heavy (non-hydrogen) atoms. The van der Waals surface area contributed by atoms with Crippen molar-refractivity contribution in [2.75, 3.05) is 18.5 Å². The fraction of sp³-hybridized carbons (Fsp3) is 0.200. The Hall–Kier alpha value is -3.31. The SMILES string of the molecule is CCOC(=O)c1ccccc1NC(=O)N1CCc2ccccc2C1c1ccccc1Cl. The van der Waals surface area contributed by atoms with Gasteiger partial charge in [-0.3, -0.25) is 0 Å². The maximum absolute atomic E-state index is 13.4. The Morgan fingerprint density at radius 2 is 1.68 bits per heavy atom. The van der Waals surface area contributed by atoms with Crippen molar-refractivity contribution in [3.8, 4) is 0 Å². The first-order valence-corrected chi connectivity index (χ1v) is 10.6. The molecule has 6 heteroatoms. The fourth-order valence-electron chi connectivity index (χ4n) is 3.98. The van der Waals surface area contributed by atoms with E-state index in [4.69, 9.17) is 16.3 Å². The van der Waals surface area contributed by atoms with E-state index in [2.05, 4.69) is 11.4 Å². The van der Waals surface area contributed by atoms with Gasteiger partial charge in [-0.1, -0.05) is 66.2 Å². The molecule has 0 spiro atoms. The summed E-state index contributed by atoms with van der Waals surface area (Å²) in [7, 11) is 0. The predicted octanol–water partition coefficient (Wildman–Crippen LogP) is 5.70. The monoisotopic (exact) mass is 434 g/mol. The number of urea groups is 1. The van der Waals surface area contributed by atoms with Crippen LogP contribution < -0.4 is 5.32 Å². The predicted molar refractivity (Wildman–Crippen MR) is 122 cm³/mol. The lowest BCUT2D eigenvalue weighted by Crippen LogP contribution is -2.43. The van der Waals surface area contributed by atoms with Gasteiger partial charge in [0.1, 0.15) is 0 Å². The summed E-state index contributed by atoms with van der Waals surface area (Å²) in [4.78, 5) is 27.5. The van der Waals surface area contributed by atoms with Crippen LogP contribution in [-0.2, 0) is 11.2 Å². The van der Waals surface area contributed by atoms with Crippen LogP contribution in [0.1, 0.15) is 40.0 Å². The minimum atomic E-state index is -0.468. The molecule has 1 atom stereocenters. The number of hydrogen-bond acceptors (Lipinski definition) is 3. The Morgan fingerprint density at radius 1 is 1.00 bits per heavy atom. The van der Waals surface area contributed by atoms with Gasteiger partial charge in [0.05, 0.1) is 23.9 Å². The zero-order chi connectivity index (χ0) is 21.8. The molecular weight excluding hydrogens is 412 g/mol. The number of esters is 1. The molecule has 2 amide bonds. The number of nitrogens with one attached hydrogen (secondary N) is 1. The number of anilines is 1. The molecule has 1 N–H and O–H groups in total. The number of nitrogens with zero attached hydrogens (tertiary/aromatic N) is 1. The number of carbonyl (C=O) groups is 2. The Balaban J connectivity index is 1.70. The molecule has 0 saturated heterocycles. The highest BCUT2D eigenvalue weighted by atomic mass is 35.5. The van der Waals surface area contributed by atoms with Crippen LogP contribution in [0.3, 0.4) is 0 Å². The van der Waals surface area contributed by atoms with Crippen LogP contribution in [-0.4, -0.2) is 30.1 Å². The van der Waals surface area contributed by atoms with Crippen molar-refractivity contribution in [3.63, 3.8) is 0 Å². The van der Waals surface area contributed by atoms with Crippen molar-refractivity contribution in [1.82, 2.24) is 4.90 Å². The zero-order valence-electron chi connectivity index (χ0n) is 17.2. The summed E-state index contributed by atoms with van der Waals surface area (Å²) >= 11 is 6.54. The maximum atomic E-state index is 13.4. The number of benzene rings is 3. The number of amides is 2. The van der Waals surface area contributed by atoms with E-state index in [1.807, 2.05) is 42.5 Å². The molecule has 5 nitrogen and oxygen atoms in total. The van der Waals surface area contributed by atoms with Crippen molar-refractivity contribution in [2.45, 2.75) is 19.4 Å². The quantitative estimate of drug-likeness (QED) is 0.536. The van der Waals surface area contributed by atoms with Gasteiger partial charge in [-0.15, -0.1) is 0 Å². The summed E-state index contributed by atoms with van der Waals surface area (Å²) < 4.78 is 5.13. The molecule has 0 fully saturated rings. The van der Waals surface area contributed by atoms with E-state index >= 15 is 0 Å². The summed E-state index contributed by atoms with van der Waals surface area (Å²) in [5.74, 6) is -0.468. The first kappa shape index (κ1) is 20.9. The van der Waals surface area contributed by atoms with Crippen molar-refractivity contribution in [2.24, 2.45) is 0 Å². The Kier molecular flexibility index (Phi) is 6.23. The number of ether oxygens (including phenoxy) is 1. The molecule has 0 aliphatic carbocycles. The van der Waals surface area contributed by atoms with Gasteiger partial charge in [0.15, 0.2) is 0 Å². The molecule has 0 bridgehead atoms. The van der Waals surface area contributed by atoms with Crippen LogP contribution in [0.2, 0.25) is 5.02 Å². The molecule has 0 aromatic heterocycles. The van der Waals surface area contributed by atoms with Gasteiger partial charge in [0.2, 0.25) is 0 Å². The van der Waals surface area contributed by atoms with E-state index in [-0.39, 0.29) is 18.7 Å². The number of fused-ring (bicyclic) bond motifs is 1. The second-order valence-corrected chi connectivity index (χ2v) is 7.67. The second-order valence-electron chi connectivity index (χ2n) is 7.26. The lowest BCUT2D eigenvalue weighted by atomic mass is 9.88. The van der Waals surface area contributed by atoms with Gasteiger partial charge in [0, 0.05) is 11.6 Å². The first-order chi connectivity index (χ1) is 15.1. The third-order valence-electron chi connectivity index (χ3n) is 5.41. The zero-order valence-corrected chi connectivity index (χ0v) is 17.9. The van der Waals surface area contributed by atoms with Gasteiger partial charge in [-0.2, -0.15) is 0 Å². The fourth-order valence-corrected chi connectivity index (χ4v) is 4.22. The molecule has 1 aliphatic heterocycles. The Labute approximate surface area is 186 Å². The topological polar surface area (TPSA) is 58.6 Å². The minimum absolute atomic E-state index is 0.263. The van der Waals surface area contributed by atoms with E-state index in [0.29, 0.717) is 22.8 Å². The van der Waals surface area contributed by atoms with Crippen molar-refractivity contribution in [1.29, 1.82) is 0 Å². The minimum Gasteiger partial charge on any atom is -0.462 e. The molecule has 1 aliphatic rings. The van der Waals surface area contributed by atoms with Crippen molar-refractivity contribution >= 4 is 29.3 Å². The number of hydrogen-bond donors (Lipinski definition) is 1. The molecule has 1 unspecified atom stereocenters. The molecule has 158 valence electrons. The smallest absolute Gasteiger partial charge is 0.340 e. The van der Waals surface area contributed by atoms with Crippen LogP contribution >= 0.6 is 11.6 Å². The maximum Gasteiger partial charge on any atom is 0.340 e. The Morgan fingerprint density at radius 3 is 2.45 bits per heavy atom. The van der Waals surface area contributed by atoms with Crippen molar-refractivity contribution < 1.29 is 14.3 Å². The largest absolute Gasteiger partial charge is 0.462 e. The lowest BCUT2D eigenvalue weighted by Gasteiger charge is -2.38. The third-order valence-corrected chi connectivity index (χ3v) is 5.75. The van der Waals surface area contributed by atoms with Gasteiger partial charge in [-0.05, 0) is 48.2 Å². The number of para-hydroxylation sites is 1. The van der Waals surface area contributed by atoms with Crippen LogP contribution in [0.5, 0.6) is 0 Å². The Bertz CT molecular complexity index is 1120. The number of carbonyl (C=O) groups excluding carboxylic acids is 2. The van der Waals surface area contributed by atoms with Gasteiger partial charge >= 0.3 is 12.0 Å². The summed E-state index contributed by atoms with van der Waals surface area (Å²) in [5.41, 5.74) is 3.86. The molecule has 3 aromatic rings. The molecule has 3 aromatic carbocycles. The summed E-state index contributed by atoms with van der Waals surface area (Å²) in [6.07, 6.45) is 0.740. The van der Waals surface area contributed by atoms with E-state index in [0.717, 1.165) is 17.5 Å². The lowest BCUT2D eigenvalue weighted by molar-refractivity contribution is 0.0527. The highest BCUT2D eigenvalue weighted by Crippen LogP contribution is 2.38. The van der Waals surface area contributed by atoms with Crippen LogP contribution in [0, 0.1) is 0 Å². The van der Waals surface area contributed by atoms with Gasteiger partial charge in [-0.25, -0.2) is 9.59 Å². The van der Waals surface area contributed by atoms with Crippen LogP contribution in [0.4, 0.5) is 10.5 Å². The average molecular weight is 435 g/mol.